The van der Waals surface area contributed by atoms with E-state index in [1.165, 1.54) is 0 Å². The van der Waals surface area contributed by atoms with Crippen molar-refractivity contribution in [1.29, 1.82) is 0 Å². The van der Waals surface area contributed by atoms with Crippen LogP contribution in [0.1, 0.15) is 40.6 Å². The number of methoxy groups -OCH3 is 2. The van der Waals surface area contributed by atoms with Crippen LogP contribution in [-0.2, 0) is 4.74 Å². The number of benzene rings is 2. The van der Waals surface area contributed by atoms with Crippen molar-refractivity contribution in [2.45, 2.75) is 25.0 Å². The Morgan fingerprint density at radius 3 is 2.61 bits per heavy atom. The Hall–Kier alpha value is -3.32. The molecule has 2 atom stereocenters. The Balaban J connectivity index is 1.70. The fourth-order valence-electron chi connectivity index (χ4n) is 4.53. The molecule has 1 saturated heterocycles. The van der Waals surface area contributed by atoms with Gasteiger partial charge in [0.25, 0.3) is 5.91 Å². The van der Waals surface area contributed by atoms with Crippen molar-refractivity contribution in [3.63, 3.8) is 0 Å². The minimum Gasteiger partial charge on any atom is -0.493 e. The summed E-state index contributed by atoms with van der Waals surface area (Å²) in [6.07, 6.45) is 1.77. The van der Waals surface area contributed by atoms with Gasteiger partial charge in [0.2, 0.25) is 5.76 Å². The number of rotatable bonds is 5. The average Bonchev–Trinajstić information content (AvgIpc) is 3.41. The van der Waals surface area contributed by atoms with Crippen LogP contribution in [0.4, 0.5) is 0 Å². The van der Waals surface area contributed by atoms with Crippen molar-refractivity contribution < 1.29 is 23.4 Å². The van der Waals surface area contributed by atoms with Crippen LogP contribution in [0.15, 0.2) is 51.7 Å². The van der Waals surface area contributed by atoms with Crippen molar-refractivity contribution in [3.05, 3.63) is 69.6 Å². The van der Waals surface area contributed by atoms with Gasteiger partial charge in [-0.05, 0) is 42.7 Å². The van der Waals surface area contributed by atoms with Crippen molar-refractivity contribution >= 4 is 16.9 Å². The molecule has 2 aliphatic rings. The van der Waals surface area contributed by atoms with E-state index in [0.29, 0.717) is 41.2 Å². The third kappa shape index (κ3) is 3.16. The van der Waals surface area contributed by atoms with Crippen molar-refractivity contribution in [1.82, 2.24) is 4.90 Å². The highest BCUT2D eigenvalue weighted by Gasteiger charge is 2.44. The average molecular weight is 421 g/mol. The monoisotopic (exact) mass is 421 g/mol. The van der Waals surface area contributed by atoms with Gasteiger partial charge in [0, 0.05) is 13.2 Å². The molecular weight excluding hydrogens is 398 g/mol. The zero-order valence-electron chi connectivity index (χ0n) is 17.4. The van der Waals surface area contributed by atoms with Gasteiger partial charge in [-0.2, -0.15) is 0 Å². The maximum absolute atomic E-state index is 13.5. The standard InChI is InChI=1S/C24H23NO6/c1-28-18-10-9-14(12-19(18)29-2)21-20-22(26)16-7-3-4-8-17(16)31-23(20)24(27)25(21)13-15-6-5-11-30-15/h3-4,7-10,12,15,21H,5-6,11,13H2,1-2H3/t15-,21-/m1/s1. The van der Waals surface area contributed by atoms with E-state index < -0.39 is 6.04 Å². The molecule has 0 aliphatic carbocycles. The van der Waals surface area contributed by atoms with Crippen LogP contribution < -0.4 is 14.9 Å². The first kappa shape index (κ1) is 19.6. The van der Waals surface area contributed by atoms with Crippen molar-refractivity contribution in [2.24, 2.45) is 0 Å². The summed E-state index contributed by atoms with van der Waals surface area (Å²) in [5, 5.41) is 0.457. The van der Waals surface area contributed by atoms with Crippen LogP contribution in [0.5, 0.6) is 11.5 Å². The SMILES string of the molecule is COc1ccc([C@@H]2c3c(oc4ccccc4c3=O)C(=O)N2C[C@H]2CCCO2)cc1OC. The number of fused-ring (bicyclic) bond motifs is 2. The van der Waals surface area contributed by atoms with Gasteiger partial charge in [-0.3, -0.25) is 9.59 Å². The Bertz CT molecular complexity index is 1210. The first-order chi connectivity index (χ1) is 15.1. The summed E-state index contributed by atoms with van der Waals surface area (Å²) in [7, 11) is 3.12. The van der Waals surface area contributed by atoms with Crippen molar-refractivity contribution in [3.8, 4) is 11.5 Å². The molecule has 7 heteroatoms. The molecule has 0 unspecified atom stereocenters. The number of ether oxygens (including phenoxy) is 3. The summed E-state index contributed by atoms with van der Waals surface area (Å²) in [4.78, 5) is 28.6. The minimum absolute atomic E-state index is 0.0644. The number of carbonyl (C=O) groups excluding carboxylic acids is 1. The maximum atomic E-state index is 13.5. The largest absolute Gasteiger partial charge is 0.493 e. The lowest BCUT2D eigenvalue weighted by Crippen LogP contribution is -2.36. The van der Waals surface area contributed by atoms with Crippen molar-refractivity contribution in [2.75, 3.05) is 27.4 Å². The number of hydrogen-bond donors (Lipinski definition) is 0. The minimum atomic E-state index is -0.590. The first-order valence-electron chi connectivity index (χ1n) is 10.3. The van der Waals surface area contributed by atoms with Crippen LogP contribution >= 0.6 is 0 Å². The van der Waals surface area contributed by atoms with Gasteiger partial charge in [0.05, 0.1) is 37.3 Å². The second-order valence-corrected chi connectivity index (χ2v) is 7.78. The molecule has 3 aromatic rings. The second-order valence-electron chi connectivity index (χ2n) is 7.78. The Labute approximate surface area is 179 Å². The van der Waals surface area contributed by atoms with Gasteiger partial charge in [0.1, 0.15) is 5.58 Å². The molecule has 2 aromatic carbocycles. The van der Waals surface area contributed by atoms with Gasteiger partial charge in [-0.1, -0.05) is 18.2 Å². The molecule has 0 bridgehead atoms. The van der Waals surface area contributed by atoms with Gasteiger partial charge >= 0.3 is 0 Å². The molecule has 1 amide bonds. The fourth-order valence-corrected chi connectivity index (χ4v) is 4.53. The molecule has 3 heterocycles. The molecule has 5 rings (SSSR count). The van der Waals surface area contributed by atoms with Crippen LogP contribution in [0, 0.1) is 0 Å². The molecule has 0 N–H and O–H groups in total. The normalized spacial score (nSPS) is 20.3. The summed E-state index contributed by atoms with van der Waals surface area (Å²) in [6.45, 7) is 1.07. The summed E-state index contributed by atoms with van der Waals surface area (Å²) in [6, 6.07) is 11.9. The molecule has 1 aromatic heterocycles. The summed E-state index contributed by atoms with van der Waals surface area (Å²) < 4.78 is 22.6. The van der Waals surface area contributed by atoms with E-state index in [0.717, 1.165) is 18.4 Å². The highest BCUT2D eigenvalue weighted by molar-refractivity contribution is 5.99. The van der Waals surface area contributed by atoms with E-state index in [1.54, 1.807) is 49.5 Å². The van der Waals surface area contributed by atoms with Gasteiger partial charge in [-0.15, -0.1) is 0 Å². The van der Waals surface area contributed by atoms with E-state index in [4.69, 9.17) is 18.6 Å². The zero-order chi connectivity index (χ0) is 21.5. The van der Waals surface area contributed by atoms with E-state index in [9.17, 15) is 9.59 Å². The summed E-state index contributed by atoms with van der Waals surface area (Å²) >= 11 is 0. The summed E-state index contributed by atoms with van der Waals surface area (Å²) in [5.41, 5.74) is 1.32. The van der Waals surface area contributed by atoms with Gasteiger partial charge in [-0.25, -0.2) is 0 Å². The second kappa shape index (κ2) is 7.74. The number of carbonyl (C=O) groups is 1. The third-order valence-corrected chi connectivity index (χ3v) is 6.02. The lowest BCUT2D eigenvalue weighted by Gasteiger charge is -2.27. The predicted molar refractivity (Wildman–Crippen MR) is 114 cm³/mol. The quantitative estimate of drug-likeness (QED) is 0.627. The molecule has 0 radical (unpaired) electrons. The maximum Gasteiger partial charge on any atom is 0.291 e. The van der Waals surface area contributed by atoms with E-state index in [1.807, 2.05) is 12.1 Å². The third-order valence-electron chi connectivity index (χ3n) is 6.02. The topological polar surface area (TPSA) is 78.2 Å². The van der Waals surface area contributed by atoms with Crippen LogP contribution in [-0.4, -0.2) is 44.3 Å². The molecular formula is C24H23NO6. The number of hydrogen-bond acceptors (Lipinski definition) is 6. The molecule has 1 fully saturated rings. The molecule has 7 nitrogen and oxygen atoms in total. The highest BCUT2D eigenvalue weighted by Crippen LogP contribution is 2.41. The number of nitrogens with zero attached hydrogens (tertiary/aromatic N) is 1. The lowest BCUT2D eigenvalue weighted by molar-refractivity contribution is 0.0486. The van der Waals surface area contributed by atoms with Crippen LogP contribution in [0.3, 0.4) is 0 Å². The fraction of sp³-hybridized carbons (Fsp3) is 0.333. The van der Waals surface area contributed by atoms with Crippen LogP contribution in [0.2, 0.25) is 0 Å². The van der Waals surface area contributed by atoms with Gasteiger partial charge < -0.3 is 23.5 Å². The smallest absolute Gasteiger partial charge is 0.291 e. The number of para-hydroxylation sites is 1. The first-order valence-corrected chi connectivity index (χ1v) is 10.3. The van der Waals surface area contributed by atoms with Gasteiger partial charge in [0.15, 0.2) is 16.9 Å². The van der Waals surface area contributed by atoms with Crippen LogP contribution in [0.25, 0.3) is 11.0 Å². The molecule has 2 aliphatic heterocycles. The molecule has 160 valence electrons. The number of amides is 1. The lowest BCUT2D eigenvalue weighted by atomic mass is 9.98. The van der Waals surface area contributed by atoms with E-state index >= 15 is 0 Å². The predicted octanol–water partition coefficient (Wildman–Crippen LogP) is 3.53. The highest BCUT2D eigenvalue weighted by atomic mass is 16.5. The Kier molecular flexibility index (Phi) is 4.90. The molecule has 31 heavy (non-hydrogen) atoms. The molecule has 0 spiro atoms. The zero-order valence-corrected chi connectivity index (χ0v) is 17.4. The van der Waals surface area contributed by atoms with E-state index in [-0.39, 0.29) is 23.2 Å². The summed E-state index contributed by atoms with van der Waals surface area (Å²) in [5.74, 6) is 0.907. The Morgan fingerprint density at radius 2 is 1.87 bits per heavy atom. The Morgan fingerprint density at radius 1 is 1.06 bits per heavy atom. The molecule has 0 saturated carbocycles. The van der Waals surface area contributed by atoms with E-state index in [2.05, 4.69) is 0 Å².